The minimum atomic E-state index is 0.0342. The molecule has 0 amide bonds. The van der Waals surface area contributed by atoms with Crippen LogP contribution in [-0.4, -0.2) is 10.9 Å². The van der Waals surface area contributed by atoms with Crippen LogP contribution in [0.2, 0.25) is 0 Å². The Labute approximate surface area is 80.7 Å². The summed E-state index contributed by atoms with van der Waals surface area (Å²) in [6.07, 6.45) is 4.54. The van der Waals surface area contributed by atoms with Gasteiger partial charge in [-0.2, -0.15) is 0 Å². The number of carbonyl (C=O) groups is 1. The van der Waals surface area contributed by atoms with Crippen molar-refractivity contribution in [1.82, 2.24) is 0 Å². The number of aliphatic hydroxyl groups excluding tert-OH is 1. The van der Waals surface area contributed by atoms with Crippen LogP contribution in [0.15, 0.2) is 11.8 Å². The summed E-state index contributed by atoms with van der Waals surface area (Å²) in [4.78, 5) is 11.2. The highest BCUT2D eigenvalue weighted by molar-refractivity contribution is 5.89. The third-order valence-corrected chi connectivity index (χ3v) is 2.21. The molecule has 0 aliphatic heterocycles. The van der Waals surface area contributed by atoms with Crippen molar-refractivity contribution >= 4 is 5.78 Å². The van der Waals surface area contributed by atoms with Crippen molar-refractivity contribution in [3.05, 3.63) is 11.8 Å². The second-order valence-corrected chi connectivity index (χ2v) is 3.30. The molecule has 0 unspecified atom stereocenters. The van der Waals surface area contributed by atoms with Crippen molar-refractivity contribution in [2.75, 3.05) is 0 Å². The standard InChI is InChI=1S/C11H20O2/c1-4-7-10(12)8-11(13)9(5-2)6-3/h8-9,13H,4-7H2,1-3H3. The van der Waals surface area contributed by atoms with Crippen molar-refractivity contribution in [3.63, 3.8) is 0 Å². The van der Waals surface area contributed by atoms with Crippen molar-refractivity contribution < 1.29 is 9.90 Å². The van der Waals surface area contributed by atoms with Gasteiger partial charge >= 0.3 is 0 Å². The first-order chi connectivity index (χ1) is 6.15. The maximum Gasteiger partial charge on any atom is 0.159 e. The van der Waals surface area contributed by atoms with Gasteiger partial charge in [0.1, 0.15) is 0 Å². The Bertz CT molecular complexity index is 179. The molecule has 0 heterocycles. The Balaban J connectivity index is 4.20. The smallest absolute Gasteiger partial charge is 0.159 e. The highest BCUT2D eigenvalue weighted by atomic mass is 16.3. The molecule has 0 saturated carbocycles. The van der Waals surface area contributed by atoms with Crippen LogP contribution in [0, 0.1) is 5.92 Å². The first-order valence-corrected chi connectivity index (χ1v) is 5.09. The van der Waals surface area contributed by atoms with Gasteiger partial charge in [0.15, 0.2) is 5.78 Å². The lowest BCUT2D eigenvalue weighted by Gasteiger charge is -2.10. The van der Waals surface area contributed by atoms with Gasteiger partial charge in [-0.25, -0.2) is 0 Å². The number of hydrogen-bond donors (Lipinski definition) is 1. The number of rotatable bonds is 6. The summed E-state index contributed by atoms with van der Waals surface area (Å²) in [7, 11) is 0. The summed E-state index contributed by atoms with van der Waals surface area (Å²) in [6.45, 7) is 5.99. The molecule has 0 aliphatic carbocycles. The van der Waals surface area contributed by atoms with E-state index in [0.29, 0.717) is 6.42 Å². The number of carbonyl (C=O) groups excluding carboxylic acids is 1. The minimum Gasteiger partial charge on any atom is -0.512 e. The monoisotopic (exact) mass is 184 g/mol. The SMILES string of the molecule is CCCC(=O)C=C(O)C(CC)CC. The van der Waals surface area contributed by atoms with Crippen molar-refractivity contribution in [1.29, 1.82) is 0 Å². The lowest BCUT2D eigenvalue weighted by atomic mass is 10.00. The Morgan fingerprint density at radius 2 is 1.85 bits per heavy atom. The summed E-state index contributed by atoms with van der Waals surface area (Å²) in [5, 5.41) is 9.55. The van der Waals surface area contributed by atoms with Crippen LogP contribution in [0.3, 0.4) is 0 Å². The third kappa shape index (κ3) is 4.71. The van der Waals surface area contributed by atoms with Gasteiger partial charge < -0.3 is 5.11 Å². The number of allylic oxidation sites excluding steroid dienone is 2. The summed E-state index contributed by atoms with van der Waals surface area (Å²) in [5.41, 5.74) is 0. The maximum absolute atomic E-state index is 11.2. The first kappa shape index (κ1) is 12.2. The quantitative estimate of drug-likeness (QED) is 0.508. The molecule has 0 atom stereocenters. The van der Waals surface area contributed by atoms with Gasteiger partial charge in [0.05, 0.1) is 5.76 Å². The van der Waals surface area contributed by atoms with E-state index in [4.69, 9.17) is 0 Å². The van der Waals surface area contributed by atoms with E-state index in [0.717, 1.165) is 19.3 Å². The van der Waals surface area contributed by atoms with Gasteiger partial charge in [0, 0.05) is 18.4 Å². The zero-order valence-electron chi connectivity index (χ0n) is 8.84. The van der Waals surface area contributed by atoms with Crippen LogP contribution in [-0.2, 0) is 4.79 Å². The summed E-state index contributed by atoms with van der Waals surface area (Å²) >= 11 is 0. The van der Waals surface area contributed by atoms with Crippen LogP contribution in [0.4, 0.5) is 0 Å². The molecule has 0 aromatic carbocycles. The molecule has 2 nitrogen and oxygen atoms in total. The van der Waals surface area contributed by atoms with E-state index in [1.54, 1.807) is 0 Å². The molecule has 0 bridgehead atoms. The molecule has 0 radical (unpaired) electrons. The molecule has 13 heavy (non-hydrogen) atoms. The molecule has 1 N–H and O–H groups in total. The molecule has 76 valence electrons. The Morgan fingerprint density at radius 1 is 1.31 bits per heavy atom. The topological polar surface area (TPSA) is 37.3 Å². The summed E-state index contributed by atoms with van der Waals surface area (Å²) < 4.78 is 0. The van der Waals surface area contributed by atoms with E-state index < -0.39 is 0 Å². The Kier molecular flexibility index (Phi) is 6.29. The van der Waals surface area contributed by atoms with Crippen LogP contribution in [0.25, 0.3) is 0 Å². The molecule has 0 spiro atoms. The number of aliphatic hydroxyl groups is 1. The van der Waals surface area contributed by atoms with Gasteiger partial charge in [-0.1, -0.05) is 20.8 Å². The summed E-state index contributed by atoms with van der Waals surface area (Å²) in [5.74, 6) is 0.441. The highest BCUT2D eigenvalue weighted by Crippen LogP contribution is 2.16. The van der Waals surface area contributed by atoms with Crippen molar-refractivity contribution in [3.8, 4) is 0 Å². The van der Waals surface area contributed by atoms with E-state index in [2.05, 4.69) is 0 Å². The van der Waals surface area contributed by atoms with E-state index in [-0.39, 0.29) is 17.5 Å². The molecule has 0 aromatic heterocycles. The lowest BCUT2D eigenvalue weighted by molar-refractivity contribution is -0.114. The molecule has 0 fully saturated rings. The predicted molar refractivity (Wildman–Crippen MR) is 54.7 cm³/mol. The zero-order valence-corrected chi connectivity index (χ0v) is 8.84. The van der Waals surface area contributed by atoms with Gasteiger partial charge in [0.2, 0.25) is 0 Å². The van der Waals surface area contributed by atoms with E-state index in [9.17, 15) is 9.90 Å². The highest BCUT2D eigenvalue weighted by Gasteiger charge is 2.09. The second-order valence-electron chi connectivity index (χ2n) is 3.30. The fourth-order valence-electron chi connectivity index (χ4n) is 1.31. The van der Waals surface area contributed by atoms with Crippen LogP contribution < -0.4 is 0 Å². The average Bonchev–Trinajstić information content (AvgIpc) is 2.06. The zero-order chi connectivity index (χ0) is 10.3. The van der Waals surface area contributed by atoms with Crippen molar-refractivity contribution in [2.45, 2.75) is 46.5 Å². The van der Waals surface area contributed by atoms with E-state index >= 15 is 0 Å². The number of ketones is 1. The minimum absolute atomic E-state index is 0.0342. The van der Waals surface area contributed by atoms with E-state index in [1.807, 2.05) is 20.8 Å². The normalized spacial score (nSPS) is 12.2. The molecular formula is C11H20O2. The second kappa shape index (κ2) is 6.70. The molecule has 2 heteroatoms. The Morgan fingerprint density at radius 3 is 2.23 bits per heavy atom. The molecule has 0 aliphatic rings. The van der Waals surface area contributed by atoms with Gasteiger partial charge in [-0.15, -0.1) is 0 Å². The molecule has 0 aromatic rings. The average molecular weight is 184 g/mol. The fourth-order valence-corrected chi connectivity index (χ4v) is 1.31. The van der Waals surface area contributed by atoms with Crippen LogP contribution >= 0.6 is 0 Å². The van der Waals surface area contributed by atoms with Gasteiger partial charge in [0.25, 0.3) is 0 Å². The van der Waals surface area contributed by atoms with E-state index in [1.165, 1.54) is 6.08 Å². The Hall–Kier alpha value is -0.790. The van der Waals surface area contributed by atoms with Crippen LogP contribution in [0.1, 0.15) is 46.5 Å². The van der Waals surface area contributed by atoms with Crippen LogP contribution in [0.5, 0.6) is 0 Å². The fraction of sp³-hybridized carbons (Fsp3) is 0.727. The molecular weight excluding hydrogens is 164 g/mol. The lowest BCUT2D eigenvalue weighted by Crippen LogP contribution is -2.04. The molecule has 0 saturated heterocycles. The third-order valence-electron chi connectivity index (χ3n) is 2.21. The van der Waals surface area contributed by atoms with Gasteiger partial charge in [-0.3, -0.25) is 4.79 Å². The maximum atomic E-state index is 11.2. The summed E-state index contributed by atoms with van der Waals surface area (Å²) in [6, 6.07) is 0. The van der Waals surface area contributed by atoms with Crippen molar-refractivity contribution in [2.24, 2.45) is 5.92 Å². The molecule has 0 rings (SSSR count). The first-order valence-electron chi connectivity index (χ1n) is 5.09. The number of hydrogen-bond acceptors (Lipinski definition) is 2. The van der Waals surface area contributed by atoms with Gasteiger partial charge in [-0.05, 0) is 19.3 Å². The largest absolute Gasteiger partial charge is 0.512 e. The predicted octanol–water partition coefficient (Wildman–Crippen LogP) is 3.23.